The smallest absolute Gasteiger partial charge is 0.253 e. The molecule has 5 nitrogen and oxygen atoms in total. The second-order valence-corrected chi connectivity index (χ2v) is 6.62. The summed E-state index contributed by atoms with van der Waals surface area (Å²) < 4.78 is 0. The quantitative estimate of drug-likeness (QED) is 0.725. The SMILES string of the molecule is CCC(O)CCNC(=O)c1cc2ccccc2cc1NC(=O)C1CC1. The highest BCUT2D eigenvalue weighted by atomic mass is 16.3. The molecule has 3 rings (SSSR count). The molecule has 132 valence electrons. The first-order chi connectivity index (χ1) is 12.1. The first-order valence-electron chi connectivity index (χ1n) is 8.88. The van der Waals surface area contributed by atoms with Crippen LogP contribution in [0.3, 0.4) is 0 Å². The van der Waals surface area contributed by atoms with E-state index >= 15 is 0 Å². The van der Waals surface area contributed by atoms with E-state index in [4.69, 9.17) is 0 Å². The Balaban J connectivity index is 1.82. The fraction of sp³-hybridized carbons (Fsp3) is 0.400. The number of aliphatic hydroxyl groups excluding tert-OH is 1. The predicted octanol–water partition coefficient (Wildman–Crippen LogP) is 3.08. The van der Waals surface area contributed by atoms with E-state index in [0.29, 0.717) is 30.6 Å². The minimum Gasteiger partial charge on any atom is -0.393 e. The molecule has 0 bridgehead atoms. The Morgan fingerprint density at radius 2 is 1.88 bits per heavy atom. The summed E-state index contributed by atoms with van der Waals surface area (Å²) in [6.07, 6.45) is 2.59. The molecule has 0 aliphatic heterocycles. The van der Waals surface area contributed by atoms with Crippen molar-refractivity contribution in [3.8, 4) is 0 Å². The van der Waals surface area contributed by atoms with Gasteiger partial charge in [0.2, 0.25) is 5.91 Å². The maximum absolute atomic E-state index is 12.6. The molecule has 2 amide bonds. The third kappa shape index (κ3) is 4.37. The van der Waals surface area contributed by atoms with Crippen LogP contribution >= 0.6 is 0 Å². The number of hydrogen-bond donors (Lipinski definition) is 3. The Kier molecular flexibility index (Phi) is 5.34. The highest BCUT2D eigenvalue weighted by molar-refractivity contribution is 6.08. The lowest BCUT2D eigenvalue weighted by molar-refractivity contribution is -0.117. The molecular weight excluding hydrogens is 316 g/mol. The third-order valence-electron chi connectivity index (χ3n) is 4.57. The van der Waals surface area contributed by atoms with Crippen molar-refractivity contribution in [1.82, 2.24) is 5.32 Å². The summed E-state index contributed by atoms with van der Waals surface area (Å²) in [7, 11) is 0. The topological polar surface area (TPSA) is 78.4 Å². The molecule has 2 aromatic rings. The summed E-state index contributed by atoms with van der Waals surface area (Å²) in [4.78, 5) is 24.8. The molecule has 0 saturated heterocycles. The van der Waals surface area contributed by atoms with E-state index in [1.54, 1.807) is 0 Å². The standard InChI is InChI=1S/C20H24N2O3/c1-2-16(23)9-10-21-20(25)17-11-14-5-3-4-6-15(14)12-18(17)22-19(24)13-7-8-13/h3-6,11-13,16,23H,2,7-10H2,1H3,(H,21,25)(H,22,24). The summed E-state index contributed by atoms with van der Waals surface area (Å²) in [5.74, 6) is -0.187. The van der Waals surface area contributed by atoms with E-state index in [0.717, 1.165) is 23.6 Å². The van der Waals surface area contributed by atoms with E-state index in [9.17, 15) is 14.7 Å². The number of aliphatic hydroxyl groups is 1. The van der Waals surface area contributed by atoms with E-state index in [1.807, 2.05) is 43.3 Å². The molecule has 0 radical (unpaired) electrons. The molecule has 1 aliphatic rings. The van der Waals surface area contributed by atoms with Crippen molar-refractivity contribution in [2.24, 2.45) is 5.92 Å². The summed E-state index contributed by atoms with van der Waals surface area (Å²) in [6.45, 7) is 2.30. The molecule has 0 spiro atoms. The van der Waals surface area contributed by atoms with E-state index in [-0.39, 0.29) is 17.7 Å². The molecule has 3 N–H and O–H groups in total. The third-order valence-corrected chi connectivity index (χ3v) is 4.57. The van der Waals surface area contributed by atoms with Gasteiger partial charge in [-0.3, -0.25) is 9.59 Å². The second-order valence-electron chi connectivity index (χ2n) is 6.62. The number of rotatable bonds is 7. The van der Waals surface area contributed by atoms with Crippen LogP contribution in [0.25, 0.3) is 10.8 Å². The van der Waals surface area contributed by atoms with Gasteiger partial charge in [0.05, 0.1) is 17.4 Å². The Hall–Kier alpha value is -2.40. The van der Waals surface area contributed by atoms with Crippen LogP contribution in [-0.4, -0.2) is 29.6 Å². The van der Waals surface area contributed by atoms with Crippen LogP contribution in [0.5, 0.6) is 0 Å². The number of nitrogens with one attached hydrogen (secondary N) is 2. The summed E-state index contributed by atoms with van der Waals surface area (Å²) in [6, 6.07) is 11.4. The minimum atomic E-state index is -0.411. The molecular formula is C20H24N2O3. The van der Waals surface area contributed by atoms with E-state index < -0.39 is 6.10 Å². The predicted molar refractivity (Wildman–Crippen MR) is 98.5 cm³/mol. The molecule has 2 aromatic carbocycles. The highest BCUT2D eigenvalue weighted by Crippen LogP contribution is 2.31. The van der Waals surface area contributed by atoms with Gasteiger partial charge >= 0.3 is 0 Å². The normalized spacial score (nSPS) is 15.0. The largest absolute Gasteiger partial charge is 0.393 e. The fourth-order valence-corrected chi connectivity index (χ4v) is 2.76. The first kappa shape index (κ1) is 17.4. The van der Waals surface area contributed by atoms with E-state index in [1.165, 1.54) is 0 Å². The van der Waals surface area contributed by atoms with Crippen LogP contribution in [0.15, 0.2) is 36.4 Å². The first-order valence-corrected chi connectivity index (χ1v) is 8.88. The van der Waals surface area contributed by atoms with Crippen LogP contribution in [0.2, 0.25) is 0 Å². The zero-order valence-corrected chi connectivity index (χ0v) is 14.4. The summed E-state index contributed by atoms with van der Waals surface area (Å²) in [5.41, 5.74) is 1.00. The van der Waals surface area contributed by atoms with Gasteiger partial charge in [0.25, 0.3) is 5.91 Å². The van der Waals surface area contributed by atoms with Crippen LogP contribution in [0.4, 0.5) is 5.69 Å². The number of carbonyl (C=O) groups excluding carboxylic acids is 2. The number of amides is 2. The lowest BCUT2D eigenvalue weighted by Gasteiger charge is -2.14. The van der Waals surface area contributed by atoms with Gasteiger partial charge in [0.1, 0.15) is 0 Å². The average molecular weight is 340 g/mol. The molecule has 0 aromatic heterocycles. The molecule has 1 unspecified atom stereocenters. The van der Waals surface area contributed by atoms with Crippen LogP contribution < -0.4 is 10.6 Å². The Morgan fingerprint density at radius 1 is 1.20 bits per heavy atom. The minimum absolute atomic E-state index is 0.0225. The zero-order chi connectivity index (χ0) is 17.8. The summed E-state index contributed by atoms with van der Waals surface area (Å²) in [5, 5.41) is 17.3. The zero-order valence-electron chi connectivity index (χ0n) is 14.4. The van der Waals surface area contributed by atoms with Crippen molar-refractivity contribution in [2.75, 3.05) is 11.9 Å². The number of benzene rings is 2. The maximum Gasteiger partial charge on any atom is 0.253 e. The molecule has 1 atom stereocenters. The monoisotopic (exact) mass is 340 g/mol. The summed E-state index contributed by atoms with van der Waals surface area (Å²) >= 11 is 0. The van der Waals surface area contributed by atoms with Gasteiger partial charge in [-0.05, 0) is 48.6 Å². The van der Waals surface area contributed by atoms with Crippen molar-refractivity contribution in [3.63, 3.8) is 0 Å². The molecule has 1 aliphatic carbocycles. The Labute approximate surface area is 147 Å². The van der Waals surface area contributed by atoms with Gasteiger partial charge in [-0.25, -0.2) is 0 Å². The maximum atomic E-state index is 12.6. The van der Waals surface area contributed by atoms with Crippen molar-refractivity contribution in [1.29, 1.82) is 0 Å². The van der Waals surface area contributed by atoms with Crippen molar-refractivity contribution in [3.05, 3.63) is 42.0 Å². The molecule has 0 heterocycles. The van der Waals surface area contributed by atoms with Crippen LogP contribution in [-0.2, 0) is 4.79 Å². The van der Waals surface area contributed by atoms with Gasteiger partial charge in [-0.15, -0.1) is 0 Å². The van der Waals surface area contributed by atoms with Crippen molar-refractivity contribution < 1.29 is 14.7 Å². The Bertz CT molecular complexity index is 784. The number of carbonyl (C=O) groups is 2. The van der Waals surface area contributed by atoms with Crippen molar-refractivity contribution in [2.45, 2.75) is 38.7 Å². The average Bonchev–Trinajstić information content (AvgIpc) is 3.46. The Morgan fingerprint density at radius 3 is 2.52 bits per heavy atom. The van der Waals surface area contributed by atoms with E-state index in [2.05, 4.69) is 10.6 Å². The molecule has 5 heteroatoms. The number of anilines is 1. The molecule has 1 fully saturated rings. The van der Waals surface area contributed by atoms with Gasteiger partial charge in [-0.2, -0.15) is 0 Å². The van der Waals surface area contributed by atoms with Crippen LogP contribution in [0.1, 0.15) is 43.0 Å². The second kappa shape index (κ2) is 7.66. The van der Waals surface area contributed by atoms with Gasteiger partial charge in [0.15, 0.2) is 0 Å². The van der Waals surface area contributed by atoms with Gasteiger partial charge in [0, 0.05) is 12.5 Å². The molecule has 25 heavy (non-hydrogen) atoms. The van der Waals surface area contributed by atoms with Crippen LogP contribution in [0, 0.1) is 5.92 Å². The fourth-order valence-electron chi connectivity index (χ4n) is 2.76. The lowest BCUT2D eigenvalue weighted by atomic mass is 10.0. The number of fused-ring (bicyclic) bond motifs is 1. The van der Waals surface area contributed by atoms with Crippen molar-refractivity contribution >= 4 is 28.3 Å². The van der Waals surface area contributed by atoms with Gasteiger partial charge in [-0.1, -0.05) is 31.2 Å². The lowest BCUT2D eigenvalue weighted by Crippen LogP contribution is -2.28. The number of hydrogen-bond acceptors (Lipinski definition) is 3. The molecule has 1 saturated carbocycles. The van der Waals surface area contributed by atoms with Gasteiger partial charge < -0.3 is 15.7 Å². The highest BCUT2D eigenvalue weighted by Gasteiger charge is 2.30.